The van der Waals surface area contributed by atoms with Crippen molar-refractivity contribution >= 4 is 12.0 Å². The third kappa shape index (κ3) is 3.06. The van der Waals surface area contributed by atoms with Crippen LogP contribution < -0.4 is 0 Å². The van der Waals surface area contributed by atoms with E-state index in [1.165, 1.54) is 0 Å². The van der Waals surface area contributed by atoms with E-state index >= 15 is 0 Å². The zero-order chi connectivity index (χ0) is 19.0. The molecule has 1 N–H and O–H groups in total. The molecule has 25 heavy (non-hydrogen) atoms. The molecule has 0 saturated carbocycles. The lowest BCUT2D eigenvalue weighted by molar-refractivity contribution is -0.147. The molecule has 0 radical (unpaired) electrons. The molecule has 2 amide bonds. The molecule has 1 aliphatic rings. The number of benzene rings is 1. The highest BCUT2D eigenvalue weighted by molar-refractivity contribution is 5.99. The standard InChI is InChI=1S/C19H24FNO4/c1-6-14(22)18(4,20)16(23)21-15(12(2)3)19(5,25-17(21)24)13-10-8-7-9-11-13/h6-12,14-15,22H,1H2,2-5H3/t14-,15-,18-,19?/m1/s1. The summed E-state index contributed by atoms with van der Waals surface area (Å²) in [5.74, 6) is -1.33. The van der Waals surface area contributed by atoms with Gasteiger partial charge in [-0.2, -0.15) is 0 Å². The van der Waals surface area contributed by atoms with Gasteiger partial charge < -0.3 is 9.84 Å². The Morgan fingerprint density at radius 2 is 2.00 bits per heavy atom. The summed E-state index contributed by atoms with van der Waals surface area (Å²) >= 11 is 0. The van der Waals surface area contributed by atoms with Crippen LogP contribution in [-0.4, -0.2) is 39.8 Å². The molecule has 6 heteroatoms. The Bertz CT molecular complexity index is 673. The van der Waals surface area contributed by atoms with Crippen LogP contribution in [0.1, 0.15) is 33.3 Å². The molecule has 1 aromatic carbocycles. The Morgan fingerprint density at radius 3 is 2.48 bits per heavy atom. The molecule has 136 valence electrons. The van der Waals surface area contributed by atoms with E-state index in [2.05, 4.69) is 6.58 Å². The predicted octanol–water partition coefficient (Wildman–Crippen LogP) is 3.18. The fourth-order valence-electron chi connectivity index (χ4n) is 3.38. The Balaban J connectivity index is 2.51. The molecule has 1 fully saturated rings. The van der Waals surface area contributed by atoms with Crippen LogP contribution in [0.25, 0.3) is 0 Å². The van der Waals surface area contributed by atoms with Crippen LogP contribution in [0.2, 0.25) is 0 Å². The van der Waals surface area contributed by atoms with Crippen molar-refractivity contribution in [3.8, 4) is 0 Å². The minimum Gasteiger partial charge on any atom is -0.436 e. The molecular weight excluding hydrogens is 325 g/mol. The summed E-state index contributed by atoms with van der Waals surface area (Å²) in [4.78, 5) is 26.0. The third-order valence-electron chi connectivity index (χ3n) is 4.73. The number of aliphatic hydroxyl groups excluding tert-OH is 1. The molecule has 1 heterocycles. The zero-order valence-electron chi connectivity index (χ0n) is 14.9. The molecule has 0 aromatic heterocycles. The average Bonchev–Trinajstić information content (AvgIpc) is 2.85. The van der Waals surface area contributed by atoms with Crippen LogP contribution in [0.4, 0.5) is 9.18 Å². The number of cyclic esters (lactones) is 1. The van der Waals surface area contributed by atoms with Crippen LogP contribution in [0.3, 0.4) is 0 Å². The minimum absolute atomic E-state index is 0.197. The molecule has 1 saturated heterocycles. The molecule has 0 aliphatic carbocycles. The van der Waals surface area contributed by atoms with Crippen LogP contribution in [0.15, 0.2) is 43.0 Å². The van der Waals surface area contributed by atoms with Crippen molar-refractivity contribution < 1.29 is 23.8 Å². The maximum atomic E-state index is 14.9. The summed E-state index contributed by atoms with van der Waals surface area (Å²) in [6.07, 6.45) is -1.72. The highest BCUT2D eigenvalue weighted by atomic mass is 19.1. The number of nitrogens with zero attached hydrogens (tertiary/aromatic N) is 1. The second-order valence-electron chi connectivity index (χ2n) is 6.96. The number of carbonyl (C=O) groups excluding carboxylic acids is 2. The van der Waals surface area contributed by atoms with Gasteiger partial charge in [0.05, 0.1) is 6.04 Å². The van der Waals surface area contributed by atoms with E-state index in [0.717, 1.165) is 17.9 Å². The fraction of sp³-hybridized carbons (Fsp3) is 0.474. The van der Waals surface area contributed by atoms with Gasteiger partial charge in [0.15, 0.2) is 5.60 Å². The lowest BCUT2D eigenvalue weighted by Crippen LogP contribution is -2.56. The first-order chi connectivity index (χ1) is 11.6. The first kappa shape index (κ1) is 19.1. The number of hydrogen-bond acceptors (Lipinski definition) is 4. The van der Waals surface area contributed by atoms with Crippen molar-refractivity contribution in [1.29, 1.82) is 0 Å². The lowest BCUT2D eigenvalue weighted by atomic mass is 9.81. The van der Waals surface area contributed by atoms with Gasteiger partial charge >= 0.3 is 6.09 Å². The maximum absolute atomic E-state index is 14.9. The Hall–Kier alpha value is -2.21. The highest BCUT2D eigenvalue weighted by Gasteiger charge is 2.59. The number of rotatable bonds is 5. The van der Waals surface area contributed by atoms with Crippen LogP contribution in [0, 0.1) is 5.92 Å². The van der Waals surface area contributed by atoms with Crippen molar-refractivity contribution in [2.24, 2.45) is 5.92 Å². The largest absolute Gasteiger partial charge is 0.436 e. The zero-order valence-corrected chi connectivity index (χ0v) is 14.9. The molecule has 1 unspecified atom stereocenters. The monoisotopic (exact) mass is 349 g/mol. The summed E-state index contributed by atoms with van der Waals surface area (Å²) in [6, 6.07) is 8.31. The van der Waals surface area contributed by atoms with Gasteiger partial charge in [0.25, 0.3) is 5.91 Å². The number of hydrogen-bond donors (Lipinski definition) is 1. The quantitative estimate of drug-likeness (QED) is 0.829. The first-order valence-electron chi connectivity index (χ1n) is 8.19. The van der Waals surface area contributed by atoms with Crippen molar-refractivity contribution in [3.05, 3.63) is 48.6 Å². The summed E-state index contributed by atoms with van der Waals surface area (Å²) < 4.78 is 20.4. The Labute approximate surface area is 147 Å². The second-order valence-corrected chi connectivity index (χ2v) is 6.96. The lowest BCUT2D eigenvalue weighted by Gasteiger charge is -2.36. The number of carbonyl (C=O) groups is 2. The second kappa shape index (κ2) is 6.59. The van der Waals surface area contributed by atoms with Crippen LogP contribution in [-0.2, 0) is 15.1 Å². The van der Waals surface area contributed by atoms with Gasteiger partial charge in [0, 0.05) is 0 Å². The topological polar surface area (TPSA) is 66.8 Å². The summed E-state index contributed by atoms with van der Waals surface area (Å²) in [5.41, 5.74) is -3.09. The molecule has 0 spiro atoms. The molecule has 1 aromatic rings. The normalized spacial score (nSPS) is 26.9. The molecule has 1 aliphatic heterocycles. The van der Waals surface area contributed by atoms with Gasteiger partial charge in [0.2, 0.25) is 5.67 Å². The molecule has 4 atom stereocenters. The highest BCUT2D eigenvalue weighted by Crippen LogP contribution is 2.43. The molecular formula is C19H24FNO4. The van der Waals surface area contributed by atoms with Crippen molar-refractivity contribution in [3.63, 3.8) is 0 Å². The predicted molar refractivity (Wildman–Crippen MR) is 91.5 cm³/mol. The third-order valence-corrected chi connectivity index (χ3v) is 4.73. The average molecular weight is 349 g/mol. The molecule has 0 bridgehead atoms. The first-order valence-corrected chi connectivity index (χ1v) is 8.19. The minimum atomic E-state index is -2.68. The van der Waals surface area contributed by atoms with Gasteiger partial charge in [-0.3, -0.25) is 4.79 Å². The van der Waals surface area contributed by atoms with Gasteiger partial charge in [-0.05, 0) is 25.3 Å². The van der Waals surface area contributed by atoms with E-state index in [-0.39, 0.29) is 5.92 Å². The SMILES string of the molecule is C=C[C@@H](O)[C@@](C)(F)C(=O)N1C(=O)OC(C)(c2ccccc2)[C@H]1C(C)C. The van der Waals surface area contributed by atoms with Crippen molar-refractivity contribution in [1.82, 2.24) is 4.90 Å². The Morgan fingerprint density at radius 1 is 1.44 bits per heavy atom. The number of amides is 2. The number of alkyl halides is 1. The maximum Gasteiger partial charge on any atom is 0.418 e. The van der Waals surface area contributed by atoms with E-state index in [1.54, 1.807) is 31.2 Å². The fourth-order valence-corrected chi connectivity index (χ4v) is 3.38. The van der Waals surface area contributed by atoms with E-state index in [0.29, 0.717) is 5.56 Å². The van der Waals surface area contributed by atoms with E-state index in [4.69, 9.17) is 4.74 Å². The Kier molecular flexibility index (Phi) is 5.04. The smallest absolute Gasteiger partial charge is 0.418 e. The van der Waals surface area contributed by atoms with Crippen molar-refractivity contribution in [2.45, 2.75) is 51.1 Å². The van der Waals surface area contributed by atoms with E-state index in [1.807, 2.05) is 19.9 Å². The van der Waals surface area contributed by atoms with Gasteiger partial charge in [-0.1, -0.05) is 50.3 Å². The van der Waals surface area contributed by atoms with Crippen LogP contribution in [0.5, 0.6) is 0 Å². The summed E-state index contributed by atoms with van der Waals surface area (Å²) in [6.45, 7) is 9.60. The molecule has 5 nitrogen and oxygen atoms in total. The number of imide groups is 1. The number of ether oxygens (including phenoxy) is 1. The van der Waals surface area contributed by atoms with Crippen LogP contribution >= 0.6 is 0 Å². The van der Waals surface area contributed by atoms with E-state index in [9.17, 15) is 19.1 Å². The number of aliphatic hydroxyl groups is 1. The van der Waals surface area contributed by atoms with Crippen molar-refractivity contribution in [2.75, 3.05) is 0 Å². The van der Waals surface area contributed by atoms with Gasteiger partial charge in [-0.25, -0.2) is 14.1 Å². The van der Waals surface area contributed by atoms with Gasteiger partial charge in [-0.15, -0.1) is 6.58 Å². The van der Waals surface area contributed by atoms with E-state index < -0.39 is 35.4 Å². The summed E-state index contributed by atoms with van der Waals surface area (Å²) in [7, 11) is 0. The molecule has 2 rings (SSSR count). The van der Waals surface area contributed by atoms with Gasteiger partial charge in [0.1, 0.15) is 6.10 Å². The summed E-state index contributed by atoms with van der Waals surface area (Å²) in [5, 5.41) is 9.78. The number of halogens is 1.